The van der Waals surface area contributed by atoms with Crippen LogP contribution in [-0.4, -0.2) is 6.04 Å². The molecule has 1 saturated carbocycles. The number of nitrogens with two attached hydrogens (primary N) is 1. The zero-order chi connectivity index (χ0) is 14.1. The average Bonchev–Trinajstić information content (AvgIpc) is 3.12. The normalized spacial score (nSPS) is 16.1. The number of halogens is 1. The zero-order valence-corrected chi connectivity index (χ0v) is 12.3. The van der Waals surface area contributed by atoms with Gasteiger partial charge in [-0.2, -0.15) is 0 Å². The van der Waals surface area contributed by atoms with Crippen molar-refractivity contribution >= 4 is 17.3 Å². The molecule has 1 atom stereocenters. The molecule has 2 N–H and O–H groups in total. The van der Waals surface area contributed by atoms with Gasteiger partial charge in [0.05, 0.1) is 12.8 Å². The van der Waals surface area contributed by atoms with Gasteiger partial charge in [0.1, 0.15) is 5.76 Å². The monoisotopic (exact) mass is 290 g/mol. The van der Waals surface area contributed by atoms with Crippen LogP contribution in [0.3, 0.4) is 0 Å². The predicted octanol–water partition coefficient (Wildman–Crippen LogP) is 4.12. The molecule has 1 fully saturated rings. The van der Waals surface area contributed by atoms with E-state index in [2.05, 4.69) is 11.0 Å². The minimum Gasteiger partial charge on any atom is -0.467 e. The number of rotatable bonds is 5. The van der Waals surface area contributed by atoms with Crippen molar-refractivity contribution < 1.29 is 4.42 Å². The number of benzene rings is 1. The van der Waals surface area contributed by atoms with Crippen LogP contribution in [0.15, 0.2) is 41.0 Å². The van der Waals surface area contributed by atoms with Crippen LogP contribution in [0.5, 0.6) is 0 Å². The fourth-order valence-corrected chi connectivity index (χ4v) is 2.80. The van der Waals surface area contributed by atoms with Gasteiger partial charge in [-0.15, -0.1) is 0 Å². The van der Waals surface area contributed by atoms with Crippen molar-refractivity contribution in [3.8, 4) is 0 Å². The molecule has 1 heterocycles. The Kier molecular flexibility index (Phi) is 3.72. The van der Waals surface area contributed by atoms with Gasteiger partial charge in [0.25, 0.3) is 0 Å². The lowest BCUT2D eigenvalue weighted by Gasteiger charge is -2.24. The van der Waals surface area contributed by atoms with Crippen LogP contribution in [0.2, 0.25) is 5.02 Å². The number of furan rings is 1. The molecular formula is C16H19ClN2O. The summed E-state index contributed by atoms with van der Waals surface area (Å²) in [6, 6.07) is 10.6. The van der Waals surface area contributed by atoms with Gasteiger partial charge in [-0.25, -0.2) is 0 Å². The first kappa shape index (κ1) is 13.5. The van der Waals surface area contributed by atoms with Crippen LogP contribution in [0.1, 0.15) is 37.1 Å². The summed E-state index contributed by atoms with van der Waals surface area (Å²) in [5.41, 5.74) is 8.04. The number of hydrogen-bond acceptors (Lipinski definition) is 3. The van der Waals surface area contributed by atoms with E-state index >= 15 is 0 Å². The zero-order valence-electron chi connectivity index (χ0n) is 11.6. The molecule has 1 aliphatic rings. The van der Waals surface area contributed by atoms with Crippen LogP contribution in [0, 0.1) is 0 Å². The molecule has 1 aromatic heterocycles. The average molecular weight is 291 g/mol. The van der Waals surface area contributed by atoms with E-state index in [4.69, 9.17) is 21.8 Å². The van der Waals surface area contributed by atoms with Crippen molar-refractivity contribution in [2.45, 2.75) is 38.4 Å². The third-order valence-corrected chi connectivity index (χ3v) is 4.03. The molecule has 0 aliphatic heterocycles. The van der Waals surface area contributed by atoms with Crippen LogP contribution < -0.4 is 10.6 Å². The summed E-state index contributed by atoms with van der Waals surface area (Å²) in [6.45, 7) is 2.73. The third-order valence-electron chi connectivity index (χ3n) is 3.70. The van der Waals surface area contributed by atoms with Crippen molar-refractivity contribution in [3.63, 3.8) is 0 Å². The fourth-order valence-electron chi connectivity index (χ4n) is 2.45. The third kappa shape index (κ3) is 2.84. The highest BCUT2D eigenvalue weighted by Crippen LogP contribution is 2.35. The van der Waals surface area contributed by atoms with E-state index in [9.17, 15) is 0 Å². The second-order valence-electron chi connectivity index (χ2n) is 5.43. The van der Waals surface area contributed by atoms with Gasteiger partial charge in [0, 0.05) is 22.8 Å². The second-order valence-corrected chi connectivity index (χ2v) is 5.84. The molecule has 3 nitrogen and oxygen atoms in total. The minimum absolute atomic E-state index is 0.0454. The van der Waals surface area contributed by atoms with Crippen molar-refractivity contribution in [3.05, 3.63) is 52.9 Å². The molecule has 2 aromatic rings. The van der Waals surface area contributed by atoms with Crippen LogP contribution in [0.4, 0.5) is 5.69 Å². The molecule has 1 aliphatic carbocycles. The predicted molar refractivity (Wildman–Crippen MR) is 82.0 cm³/mol. The van der Waals surface area contributed by atoms with Crippen LogP contribution in [-0.2, 0) is 6.54 Å². The van der Waals surface area contributed by atoms with Crippen molar-refractivity contribution in [2.24, 2.45) is 5.73 Å². The van der Waals surface area contributed by atoms with Crippen LogP contribution >= 0.6 is 11.6 Å². The fraction of sp³-hybridized carbons (Fsp3) is 0.375. The van der Waals surface area contributed by atoms with Gasteiger partial charge in [-0.05, 0) is 49.6 Å². The van der Waals surface area contributed by atoms with E-state index in [1.54, 1.807) is 6.26 Å². The molecule has 20 heavy (non-hydrogen) atoms. The van der Waals surface area contributed by atoms with Crippen LogP contribution in [0.25, 0.3) is 0 Å². The molecule has 3 rings (SSSR count). The van der Waals surface area contributed by atoms with Gasteiger partial charge < -0.3 is 15.1 Å². The number of anilines is 1. The molecule has 1 unspecified atom stereocenters. The Bertz CT molecular complexity index is 576. The first-order chi connectivity index (χ1) is 9.65. The van der Waals surface area contributed by atoms with E-state index in [1.807, 2.05) is 31.2 Å². The Morgan fingerprint density at radius 2 is 2.20 bits per heavy atom. The molecule has 106 valence electrons. The Hall–Kier alpha value is -1.45. The summed E-state index contributed by atoms with van der Waals surface area (Å²) >= 11 is 6.35. The SMILES string of the molecule is CC(N)c1ccc(N(Cc2ccco2)C2CC2)cc1Cl. The Morgan fingerprint density at radius 1 is 1.40 bits per heavy atom. The van der Waals surface area contributed by atoms with E-state index in [1.165, 1.54) is 12.8 Å². The Balaban J connectivity index is 1.86. The van der Waals surface area contributed by atoms with Gasteiger partial charge in [-0.3, -0.25) is 0 Å². The number of hydrogen-bond donors (Lipinski definition) is 1. The maximum absolute atomic E-state index is 6.35. The van der Waals surface area contributed by atoms with Gasteiger partial charge in [0.2, 0.25) is 0 Å². The van der Waals surface area contributed by atoms with Gasteiger partial charge >= 0.3 is 0 Å². The lowest BCUT2D eigenvalue weighted by molar-refractivity contribution is 0.501. The molecule has 0 amide bonds. The first-order valence-corrected chi connectivity index (χ1v) is 7.37. The maximum atomic E-state index is 6.35. The smallest absolute Gasteiger partial charge is 0.123 e. The molecule has 0 radical (unpaired) electrons. The summed E-state index contributed by atoms with van der Waals surface area (Å²) in [5.74, 6) is 0.976. The molecule has 0 saturated heterocycles. The van der Waals surface area contributed by atoms with Gasteiger partial charge in [-0.1, -0.05) is 17.7 Å². The van der Waals surface area contributed by atoms with E-state index in [0.717, 1.165) is 28.6 Å². The molecule has 4 heteroatoms. The summed E-state index contributed by atoms with van der Waals surface area (Å²) in [5, 5.41) is 0.739. The number of nitrogens with zero attached hydrogens (tertiary/aromatic N) is 1. The summed E-state index contributed by atoms with van der Waals surface area (Å²) < 4.78 is 5.46. The topological polar surface area (TPSA) is 42.4 Å². The molecule has 1 aromatic carbocycles. The quantitative estimate of drug-likeness (QED) is 0.900. The summed E-state index contributed by atoms with van der Waals surface area (Å²) in [4.78, 5) is 2.36. The van der Waals surface area contributed by atoms with Crippen molar-refractivity contribution in [1.82, 2.24) is 0 Å². The van der Waals surface area contributed by atoms with E-state index in [0.29, 0.717) is 6.04 Å². The van der Waals surface area contributed by atoms with Gasteiger partial charge in [0.15, 0.2) is 0 Å². The lowest BCUT2D eigenvalue weighted by Crippen LogP contribution is -2.24. The highest BCUT2D eigenvalue weighted by atomic mass is 35.5. The van der Waals surface area contributed by atoms with Crippen molar-refractivity contribution in [2.75, 3.05) is 4.90 Å². The summed E-state index contributed by atoms with van der Waals surface area (Å²) in [6.07, 6.45) is 4.17. The van der Waals surface area contributed by atoms with E-state index < -0.39 is 0 Å². The largest absolute Gasteiger partial charge is 0.467 e. The highest BCUT2D eigenvalue weighted by Gasteiger charge is 2.30. The molecule has 0 spiro atoms. The standard InChI is InChI=1S/C16H19ClN2O/c1-11(18)15-7-6-13(9-16(15)17)19(12-4-5-12)10-14-3-2-8-20-14/h2-3,6-9,11-12H,4-5,10,18H2,1H3. The molecular weight excluding hydrogens is 272 g/mol. The highest BCUT2D eigenvalue weighted by molar-refractivity contribution is 6.31. The molecule has 0 bridgehead atoms. The first-order valence-electron chi connectivity index (χ1n) is 6.99. The Labute approximate surface area is 124 Å². The Morgan fingerprint density at radius 3 is 2.75 bits per heavy atom. The minimum atomic E-state index is -0.0454. The van der Waals surface area contributed by atoms with E-state index in [-0.39, 0.29) is 6.04 Å². The van der Waals surface area contributed by atoms with Crippen molar-refractivity contribution in [1.29, 1.82) is 0 Å². The maximum Gasteiger partial charge on any atom is 0.123 e. The lowest BCUT2D eigenvalue weighted by atomic mass is 10.1. The summed E-state index contributed by atoms with van der Waals surface area (Å²) in [7, 11) is 0. The second kappa shape index (κ2) is 5.51.